The average molecular weight is 654 g/mol. The van der Waals surface area contributed by atoms with Crippen molar-refractivity contribution in [2.45, 2.75) is 55.6 Å². The van der Waals surface area contributed by atoms with E-state index in [4.69, 9.17) is 4.74 Å². The second-order valence-corrected chi connectivity index (χ2v) is 13.7. The Bertz CT molecular complexity index is 1800. The zero-order chi connectivity index (χ0) is 32.8. The van der Waals surface area contributed by atoms with Gasteiger partial charge < -0.3 is 19.7 Å². The lowest BCUT2D eigenvalue weighted by Crippen LogP contribution is -2.54. The van der Waals surface area contributed by atoms with Gasteiger partial charge in [0.25, 0.3) is 15.9 Å². The first-order chi connectivity index (χ1) is 21.9. The average Bonchev–Trinajstić information content (AvgIpc) is 3.84. The highest BCUT2D eigenvalue weighted by Crippen LogP contribution is 2.59. The fourth-order valence-electron chi connectivity index (χ4n) is 6.89. The van der Waals surface area contributed by atoms with Gasteiger partial charge in [-0.1, -0.05) is 12.1 Å². The first-order valence-electron chi connectivity index (χ1n) is 14.9. The molecule has 1 atom stereocenters. The maximum absolute atomic E-state index is 14.4. The molecular weight excluding hydrogens is 620 g/mol. The minimum absolute atomic E-state index is 0.0323. The Morgan fingerprint density at radius 3 is 2.33 bits per heavy atom. The number of benzene rings is 3. The number of halogens is 2. The van der Waals surface area contributed by atoms with E-state index in [-0.39, 0.29) is 33.6 Å². The van der Waals surface area contributed by atoms with Crippen LogP contribution in [-0.2, 0) is 25.0 Å². The number of esters is 1. The number of rotatable bonds is 8. The van der Waals surface area contributed by atoms with E-state index in [0.29, 0.717) is 42.9 Å². The maximum Gasteiger partial charge on any atom is 0.387 e. The topological polar surface area (TPSA) is 122 Å². The van der Waals surface area contributed by atoms with Crippen LogP contribution in [-0.4, -0.2) is 64.0 Å². The molecule has 0 radical (unpaired) electrons. The zero-order valence-corrected chi connectivity index (χ0v) is 26.1. The molecule has 2 aliphatic heterocycles. The summed E-state index contributed by atoms with van der Waals surface area (Å²) in [6.07, 6.45) is 2.57. The van der Waals surface area contributed by atoms with Gasteiger partial charge in [-0.15, -0.1) is 0 Å². The summed E-state index contributed by atoms with van der Waals surface area (Å²) in [6, 6.07) is 15.8. The van der Waals surface area contributed by atoms with Crippen molar-refractivity contribution in [3.05, 3.63) is 83.4 Å². The van der Waals surface area contributed by atoms with E-state index < -0.39 is 40.0 Å². The molecule has 3 aliphatic rings. The van der Waals surface area contributed by atoms with Crippen LogP contribution in [0.1, 0.15) is 58.9 Å². The van der Waals surface area contributed by atoms with Gasteiger partial charge in [-0.25, -0.2) is 13.2 Å². The second-order valence-electron chi connectivity index (χ2n) is 11.9. The van der Waals surface area contributed by atoms with Crippen molar-refractivity contribution in [2.24, 2.45) is 5.92 Å². The van der Waals surface area contributed by atoms with Gasteiger partial charge in [-0.3, -0.25) is 13.9 Å². The van der Waals surface area contributed by atoms with Crippen molar-refractivity contribution in [1.29, 1.82) is 0 Å². The van der Waals surface area contributed by atoms with Gasteiger partial charge in [0.15, 0.2) is 0 Å². The van der Waals surface area contributed by atoms with E-state index in [1.54, 1.807) is 41.3 Å². The Labute approximate surface area is 265 Å². The lowest BCUT2D eigenvalue weighted by molar-refractivity contribution is -0.130. The Hall–Kier alpha value is -4.52. The third-order valence-corrected chi connectivity index (χ3v) is 10.9. The van der Waals surface area contributed by atoms with Crippen LogP contribution in [0, 0.1) is 5.92 Å². The molecule has 13 heteroatoms. The molecule has 1 saturated heterocycles. The standard InChI is InChI=1S/C33H33F2N3O7S/c1-20(39)37-15-13-33(14-16-37)27-18-22(30(40)36-24-6-3-5-23(17-24)31(41)44-2)11-12-28(27)38(29(33)21-9-10-21)46(42,43)26-8-4-7-25(19-26)45-32(34)35/h3-8,11-12,17-19,21,29,32H,9-10,13-16H2,1-2H3,(H,36,40). The first kappa shape index (κ1) is 31.5. The van der Waals surface area contributed by atoms with Crippen molar-refractivity contribution >= 4 is 39.2 Å². The molecule has 1 N–H and O–H groups in total. The molecule has 2 heterocycles. The van der Waals surface area contributed by atoms with Crippen molar-refractivity contribution in [1.82, 2.24) is 4.90 Å². The van der Waals surface area contributed by atoms with Crippen LogP contribution < -0.4 is 14.4 Å². The molecule has 2 amide bonds. The number of carbonyl (C=O) groups excluding carboxylic acids is 3. The van der Waals surface area contributed by atoms with Gasteiger partial charge >= 0.3 is 12.6 Å². The minimum atomic E-state index is -4.28. The van der Waals surface area contributed by atoms with Gasteiger partial charge in [-0.05, 0) is 85.7 Å². The number of amides is 2. The van der Waals surface area contributed by atoms with Crippen molar-refractivity contribution in [3.63, 3.8) is 0 Å². The van der Waals surface area contributed by atoms with Gasteiger partial charge in [0, 0.05) is 42.7 Å². The quantitative estimate of drug-likeness (QED) is 0.332. The van der Waals surface area contributed by atoms with Crippen LogP contribution in [0.2, 0.25) is 0 Å². The number of nitrogens with zero attached hydrogens (tertiary/aromatic N) is 2. The van der Waals surface area contributed by atoms with Gasteiger partial charge in [0.2, 0.25) is 5.91 Å². The molecule has 3 aromatic carbocycles. The highest BCUT2D eigenvalue weighted by atomic mass is 32.2. The third kappa shape index (κ3) is 5.68. The number of piperidine rings is 1. The summed E-state index contributed by atoms with van der Waals surface area (Å²) >= 11 is 0. The highest BCUT2D eigenvalue weighted by molar-refractivity contribution is 7.93. The van der Waals surface area contributed by atoms with Crippen LogP contribution in [0.25, 0.3) is 0 Å². The monoisotopic (exact) mass is 653 g/mol. The number of fused-ring (bicyclic) bond motifs is 2. The summed E-state index contributed by atoms with van der Waals surface area (Å²) in [7, 11) is -3.02. The van der Waals surface area contributed by atoms with E-state index in [9.17, 15) is 31.6 Å². The predicted molar refractivity (Wildman–Crippen MR) is 165 cm³/mol. The van der Waals surface area contributed by atoms with E-state index in [0.717, 1.165) is 18.9 Å². The molecule has 1 unspecified atom stereocenters. The van der Waals surface area contributed by atoms with Crippen LogP contribution in [0.3, 0.4) is 0 Å². The second kappa shape index (κ2) is 12.0. The van der Waals surface area contributed by atoms with E-state index in [2.05, 4.69) is 10.1 Å². The van der Waals surface area contributed by atoms with E-state index >= 15 is 0 Å². The van der Waals surface area contributed by atoms with Crippen molar-refractivity contribution in [3.8, 4) is 5.75 Å². The van der Waals surface area contributed by atoms with Crippen LogP contribution in [0.4, 0.5) is 20.2 Å². The number of methoxy groups -OCH3 is 1. The van der Waals surface area contributed by atoms with E-state index in [1.807, 2.05) is 0 Å². The molecule has 10 nitrogen and oxygen atoms in total. The molecular formula is C33H33F2N3O7S. The summed E-state index contributed by atoms with van der Waals surface area (Å²) in [4.78, 5) is 39.4. The molecule has 1 saturated carbocycles. The molecule has 1 aliphatic carbocycles. The molecule has 2 fully saturated rings. The fraction of sp³-hybridized carbons (Fsp3) is 0.364. The predicted octanol–water partition coefficient (Wildman–Crippen LogP) is 5.19. The minimum Gasteiger partial charge on any atom is -0.465 e. The first-order valence-corrected chi connectivity index (χ1v) is 16.4. The Morgan fingerprint density at radius 1 is 0.957 bits per heavy atom. The molecule has 0 bridgehead atoms. The van der Waals surface area contributed by atoms with Gasteiger partial charge in [0.1, 0.15) is 5.75 Å². The lowest BCUT2D eigenvalue weighted by Gasteiger charge is -2.45. The number of hydrogen-bond acceptors (Lipinski definition) is 7. The Morgan fingerprint density at radius 2 is 1.67 bits per heavy atom. The normalized spacial score (nSPS) is 18.8. The number of alkyl halides is 2. The number of sulfonamides is 1. The van der Waals surface area contributed by atoms with Crippen LogP contribution in [0.5, 0.6) is 5.75 Å². The lowest BCUT2D eigenvalue weighted by atomic mass is 9.68. The molecule has 3 aromatic rings. The molecule has 46 heavy (non-hydrogen) atoms. The number of hydrogen-bond donors (Lipinski definition) is 1. The zero-order valence-electron chi connectivity index (χ0n) is 25.2. The Kier molecular flexibility index (Phi) is 8.21. The SMILES string of the molecule is COC(=O)c1cccc(NC(=O)c2ccc3c(c2)C2(CCN(C(C)=O)CC2)C(C2CC2)N3S(=O)(=O)c2cccc(OC(F)F)c2)c1. The number of likely N-dealkylation sites (tertiary alicyclic amines) is 1. The summed E-state index contributed by atoms with van der Waals surface area (Å²) < 4.78 is 65.6. The summed E-state index contributed by atoms with van der Waals surface area (Å²) in [5, 5.41) is 2.81. The largest absolute Gasteiger partial charge is 0.465 e. The number of anilines is 2. The molecule has 242 valence electrons. The maximum atomic E-state index is 14.4. The Balaban J connectivity index is 1.43. The highest BCUT2D eigenvalue weighted by Gasteiger charge is 2.60. The van der Waals surface area contributed by atoms with Crippen LogP contribution in [0.15, 0.2) is 71.6 Å². The van der Waals surface area contributed by atoms with E-state index in [1.165, 1.54) is 42.6 Å². The van der Waals surface area contributed by atoms with Crippen LogP contribution >= 0.6 is 0 Å². The molecule has 1 spiro atoms. The van der Waals surface area contributed by atoms with Crippen molar-refractivity contribution in [2.75, 3.05) is 29.8 Å². The number of ether oxygens (including phenoxy) is 2. The summed E-state index contributed by atoms with van der Waals surface area (Å²) in [5.41, 5.74) is 1.33. The number of nitrogens with one attached hydrogen (secondary N) is 1. The molecule has 6 rings (SSSR count). The summed E-state index contributed by atoms with van der Waals surface area (Å²) in [5.74, 6) is -1.32. The van der Waals surface area contributed by atoms with Gasteiger partial charge in [0.05, 0.1) is 29.3 Å². The summed E-state index contributed by atoms with van der Waals surface area (Å²) in [6.45, 7) is -0.783. The number of carbonyl (C=O) groups is 3. The fourth-order valence-corrected chi connectivity index (χ4v) is 8.72. The van der Waals surface area contributed by atoms with Crippen molar-refractivity contribution < 1.29 is 41.1 Å². The smallest absolute Gasteiger partial charge is 0.387 e. The molecule has 0 aromatic heterocycles. The third-order valence-electron chi connectivity index (χ3n) is 9.15. The van der Waals surface area contributed by atoms with Gasteiger partial charge in [-0.2, -0.15) is 8.78 Å².